The summed E-state index contributed by atoms with van der Waals surface area (Å²) in [6, 6.07) is 11.8. The maximum Gasteiger partial charge on any atom is 0.252 e. The quantitative estimate of drug-likeness (QED) is 0.736. The molecule has 8 heteroatoms. The molecule has 0 saturated carbocycles. The van der Waals surface area contributed by atoms with Crippen molar-refractivity contribution in [3.63, 3.8) is 0 Å². The number of hydrogen-bond acceptors (Lipinski definition) is 5. The van der Waals surface area contributed by atoms with Gasteiger partial charge >= 0.3 is 0 Å². The summed E-state index contributed by atoms with van der Waals surface area (Å²) in [5.41, 5.74) is 2.34. The lowest BCUT2D eigenvalue weighted by Crippen LogP contribution is -2.42. The Morgan fingerprint density at radius 3 is 2.33 bits per heavy atom. The van der Waals surface area contributed by atoms with Crippen molar-refractivity contribution in [2.24, 2.45) is 5.92 Å². The lowest BCUT2D eigenvalue weighted by atomic mass is 9.97. The summed E-state index contributed by atoms with van der Waals surface area (Å²) in [4.78, 5) is 15.0. The van der Waals surface area contributed by atoms with Gasteiger partial charge in [-0.1, -0.05) is 18.2 Å². The molecule has 1 aromatic heterocycles. The van der Waals surface area contributed by atoms with Gasteiger partial charge in [-0.25, -0.2) is 8.42 Å². The highest BCUT2D eigenvalue weighted by Gasteiger charge is 2.32. The van der Waals surface area contributed by atoms with E-state index in [9.17, 15) is 13.2 Å². The average molecular weight is 448 g/mol. The van der Waals surface area contributed by atoms with Crippen molar-refractivity contribution in [2.45, 2.75) is 42.9 Å². The molecule has 2 saturated heterocycles. The molecule has 2 aromatic rings. The normalized spacial score (nSPS) is 19.0. The zero-order valence-corrected chi connectivity index (χ0v) is 18.8. The van der Waals surface area contributed by atoms with E-state index in [1.54, 1.807) is 17.5 Å². The second kappa shape index (κ2) is 9.49. The number of rotatable bonds is 6. The van der Waals surface area contributed by atoms with Crippen molar-refractivity contribution >= 4 is 33.0 Å². The van der Waals surface area contributed by atoms with Crippen molar-refractivity contribution < 1.29 is 13.2 Å². The lowest BCUT2D eigenvalue weighted by Gasteiger charge is -2.30. The highest BCUT2D eigenvalue weighted by Crippen LogP contribution is 2.26. The van der Waals surface area contributed by atoms with Crippen LogP contribution in [0.4, 0.5) is 5.69 Å². The minimum Gasteiger partial charge on any atom is -0.372 e. The first-order chi connectivity index (χ1) is 14.5. The second-order valence-corrected chi connectivity index (χ2v) is 11.2. The van der Waals surface area contributed by atoms with Gasteiger partial charge in [0.15, 0.2) is 0 Å². The Labute approximate surface area is 182 Å². The Morgan fingerprint density at radius 2 is 1.70 bits per heavy atom. The number of carbonyl (C=O) groups excluding carboxylic acids is 1. The van der Waals surface area contributed by atoms with E-state index in [4.69, 9.17) is 0 Å². The molecule has 0 radical (unpaired) electrons. The van der Waals surface area contributed by atoms with Crippen LogP contribution in [0.25, 0.3) is 0 Å². The van der Waals surface area contributed by atoms with Gasteiger partial charge in [0.1, 0.15) is 4.21 Å². The molecule has 0 spiro atoms. The number of benzene rings is 1. The number of thiophene rings is 1. The second-order valence-electron chi connectivity index (χ2n) is 8.04. The van der Waals surface area contributed by atoms with Crippen molar-refractivity contribution in [2.75, 3.05) is 31.1 Å². The number of carbonyl (C=O) groups is 1. The van der Waals surface area contributed by atoms with Gasteiger partial charge in [0.05, 0.1) is 0 Å². The molecular formula is C22H29N3O3S2. The first-order valence-electron chi connectivity index (χ1n) is 10.7. The molecule has 30 heavy (non-hydrogen) atoms. The van der Waals surface area contributed by atoms with Crippen LogP contribution in [0.2, 0.25) is 0 Å². The largest absolute Gasteiger partial charge is 0.372 e. The first kappa shape index (κ1) is 21.3. The number of amides is 1. The van der Waals surface area contributed by atoms with Crippen LogP contribution in [0.3, 0.4) is 0 Å². The predicted octanol–water partition coefficient (Wildman–Crippen LogP) is 3.46. The van der Waals surface area contributed by atoms with Crippen LogP contribution in [-0.4, -0.2) is 44.8 Å². The number of piperidine rings is 2. The van der Waals surface area contributed by atoms with E-state index in [0.29, 0.717) is 36.7 Å². The fourth-order valence-electron chi connectivity index (χ4n) is 4.21. The van der Waals surface area contributed by atoms with E-state index in [1.165, 1.54) is 40.6 Å². The highest BCUT2D eigenvalue weighted by molar-refractivity contribution is 7.91. The van der Waals surface area contributed by atoms with Crippen LogP contribution < -0.4 is 10.2 Å². The van der Waals surface area contributed by atoms with E-state index in [-0.39, 0.29) is 11.8 Å². The summed E-state index contributed by atoms with van der Waals surface area (Å²) in [6.07, 6.45) is 4.95. The summed E-state index contributed by atoms with van der Waals surface area (Å²) in [5, 5.41) is 4.80. The Morgan fingerprint density at radius 1 is 1.00 bits per heavy atom. The number of hydrogen-bond donors (Lipinski definition) is 1. The third kappa shape index (κ3) is 4.87. The summed E-state index contributed by atoms with van der Waals surface area (Å²) in [6.45, 7) is 3.53. The van der Waals surface area contributed by atoms with E-state index in [2.05, 4.69) is 34.5 Å². The van der Waals surface area contributed by atoms with Gasteiger partial charge in [0.2, 0.25) is 5.91 Å². The molecule has 6 nitrogen and oxygen atoms in total. The smallest absolute Gasteiger partial charge is 0.252 e. The van der Waals surface area contributed by atoms with Crippen LogP contribution in [0.15, 0.2) is 46.0 Å². The Hall–Kier alpha value is -1.90. The zero-order chi connectivity index (χ0) is 21.0. The van der Waals surface area contributed by atoms with Crippen LogP contribution in [0, 0.1) is 5.92 Å². The number of anilines is 1. The van der Waals surface area contributed by atoms with Gasteiger partial charge in [0.25, 0.3) is 10.0 Å². The highest BCUT2D eigenvalue weighted by atomic mass is 32.2. The molecule has 0 atom stereocenters. The van der Waals surface area contributed by atoms with E-state index >= 15 is 0 Å². The maximum atomic E-state index is 12.6. The molecule has 1 amide bonds. The van der Waals surface area contributed by atoms with E-state index in [0.717, 1.165) is 18.7 Å². The van der Waals surface area contributed by atoms with Gasteiger partial charge < -0.3 is 10.2 Å². The Bertz CT molecular complexity index is 929. The summed E-state index contributed by atoms with van der Waals surface area (Å²) >= 11 is 1.23. The Kier molecular flexibility index (Phi) is 6.75. The van der Waals surface area contributed by atoms with E-state index < -0.39 is 10.0 Å². The van der Waals surface area contributed by atoms with Crippen LogP contribution in [0.1, 0.15) is 37.7 Å². The average Bonchev–Trinajstić information content (AvgIpc) is 3.34. The molecule has 1 N–H and O–H groups in total. The van der Waals surface area contributed by atoms with Crippen LogP contribution in [0.5, 0.6) is 0 Å². The molecule has 0 unspecified atom stereocenters. The van der Waals surface area contributed by atoms with Gasteiger partial charge in [0, 0.05) is 44.3 Å². The number of nitrogens with one attached hydrogen (secondary N) is 1. The molecule has 2 fully saturated rings. The molecule has 2 aliphatic heterocycles. The van der Waals surface area contributed by atoms with Crippen LogP contribution >= 0.6 is 11.3 Å². The topological polar surface area (TPSA) is 69.7 Å². The standard InChI is InChI=1S/C22H29N3O3S2/c26-22(19-10-14-25(15-11-19)30(27,28)21-5-4-16-29-21)23-17-18-6-8-20(9-7-18)24-12-2-1-3-13-24/h4-9,16,19H,1-3,10-15,17H2,(H,23,26). The molecular weight excluding hydrogens is 418 g/mol. The van der Waals surface area contributed by atoms with Gasteiger partial charge in [-0.05, 0) is 61.2 Å². The van der Waals surface area contributed by atoms with Crippen molar-refractivity contribution in [3.05, 3.63) is 47.3 Å². The molecule has 1 aromatic carbocycles. The van der Waals surface area contributed by atoms with Crippen LogP contribution in [-0.2, 0) is 21.4 Å². The number of nitrogens with zero attached hydrogens (tertiary/aromatic N) is 2. The van der Waals surface area contributed by atoms with Gasteiger partial charge in [-0.15, -0.1) is 11.3 Å². The predicted molar refractivity (Wildman–Crippen MR) is 120 cm³/mol. The Balaban J connectivity index is 1.25. The third-order valence-corrected chi connectivity index (χ3v) is 9.31. The monoisotopic (exact) mass is 447 g/mol. The summed E-state index contributed by atoms with van der Waals surface area (Å²) in [5.74, 6) is -0.115. The lowest BCUT2D eigenvalue weighted by molar-refractivity contribution is -0.126. The molecule has 162 valence electrons. The SMILES string of the molecule is O=C(NCc1ccc(N2CCCCC2)cc1)C1CCN(S(=O)(=O)c2cccs2)CC1. The maximum absolute atomic E-state index is 12.6. The van der Waals surface area contributed by atoms with E-state index in [1.807, 2.05) is 0 Å². The molecule has 0 bridgehead atoms. The van der Waals surface area contributed by atoms with Crippen molar-refractivity contribution in [1.82, 2.24) is 9.62 Å². The third-order valence-electron chi connectivity index (χ3n) is 6.04. The molecule has 0 aliphatic carbocycles. The molecule has 4 rings (SSSR count). The summed E-state index contributed by atoms with van der Waals surface area (Å²) < 4.78 is 27.1. The van der Waals surface area contributed by atoms with Crippen molar-refractivity contribution in [3.8, 4) is 0 Å². The zero-order valence-electron chi connectivity index (χ0n) is 17.1. The fraction of sp³-hybridized carbons (Fsp3) is 0.500. The minimum absolute atomic E-state index is 0.0169. The minimum atomic E-state index is -3.42. The molecule has 3 heterocycles. The number of sulfonamides is 1. The summed E-state index contributed by atoms with van der Waals surface area (Å²) in [7, 11) is -3.42. The van der Waals surface area contributed by atoms with Crippen molar-refractivity contribution in [1.29, 1.82) is 0 Å². The first-order valence-corrected chi connectivity index (χ1v) is 13.0. The van der Waals surface area contributed by atoms with Gasteiger partial charge in [-0.3, -0.25) is 4.79 Å². The fourth-order valence-corrected chi connectivity index (χ4v) is 6.82. The van der Waals surface area contributed by atoms with Gasteiger partial charge in [-0.2, -0.15) is 4.31 Å². The molecule has 2 aliphatic rings.